The molecule has 2 N–H and O–H groups in total. The third-order valence-corrected chi connectivity index (χ3v) is 3.48. The van der Waals surface area contributed by atoms with Crippen LogP contribution in [0.3, 0.4) is 0 Å². The van der Waals surface area contributed by atoms with Gasteiger partial charge in [0.15, 0.2) is 0 Å². The summed E-state index contributed by atoms with van der Waals surface area (Å²) in [6.45, 7) is 0. The van der Waals surface area contributed by atoms with E-state index < -0.39 is 11.8 Å². The maximum atomic E-state index is 13.5. The molecule has 0 saturated carbocycles. The van der Waals surface area contributed by atoms with Crippen molar-refractivity contribution in [2.45, 2.75) is 16.2 Å². The molecule has 0 aliphatic carbocycles. The maximum Gasteiger partial charge on any atom is 0.307 e. The highest BCUT2D eigenvalue weighted by Crippen LogP contribution is 2.31. The summed E-state index contributed by atoms with van der Waals surface area (Å²) in [7, 11) is 0. The van der Waals surface area contributed by atoms with Gasteiger partial charge in [-0.3, -0.25) is 4.79 Å². The summed E-state index contributed by atoms with van der Waals surface area (Å²) in [4.78, 5) is 11.8. The average Bonchev–Trinajstić information content (AvgIpc) is 2.34. The van der Waals surface area contributed by atoms with Crippen molar-refractivity contribution in [2.24, 2.45) is 0 Å². The monoisotopic (exact) mass is 278 g/mol. The fourth-order valence-corrected chi connectivity index (χ4v) is 2.37. The third kappa shape index (κ3) is 3.72. The first-order valence-electron chi connectivity index (χ1n) is 5.52. The van der Waals surface area contributed by atoms with Gasteiger partial charge in [-0.1, -0.05) is 23.9 Å². The Labute approximate surface area is 113 Å². The highest BCUT2D eigenvalue weighted by Gasteiger charge is 2.06. The molecule has 0 atom stereocenters. The molecule has 2 aromatic rings. The van der Waals surface area contributed by atoms with E-state index >= 15 is 0 Å². The van der Waals surface area contributed by atoms with E-state index in [1.807, 2.05) is 0 Å². The van der Waals surface area contributed by atoms with Gasteiger partial charge in [-0.05, 0) is 29.8 Å². The molecule has 3 nitrogen and oxygen atoms in total. The molecule has 5 heteroatoms. The Morgan fingerprint density at radius 2 is 1.84 bits per heavy atom. The molecule has 19 heavy (non-hydrogen) atoms. The van der Waals surface area contributed by atoms with Crippen molar-refractivity contribution in [3.63, 3.8) is 0 Å². The summed E-state index contributed by atoms with van der Waals surface area (Å²) < 4.78 is 13.5. The van der Waals surface area contributed by atoms with Crippen molar-refractivity contribution in [3.8, 4) is 5.75 Å². The van der Waals surface area contributed by atoms with Gasteiger partial charge in [0.05, 0.1) is 6.42 Å². The maximum absolute atomic E-state index is 13.5. The lowest BCUT2D eigenvalue weighted by atomic mass is 10.2. The Morgan fingerprint density at radius 1 is 1.16 bits per heavy atom. The number of aliphatic carboxylic acids is 1. The van der Waals surface area contributed by atoms with Crippen LogP contribution < -0.4 is 0 Å². The highest BCUT2D eigenvalue weighted by atomic mass is 32.2. The summed E-state index contributed by atoms with van der Waals surface area (Å²) in [5.74, 6) is -1.48. The van der Waals surface area contributed by atoms with E-state index in [1.54, 1.807) is 24.3 Å². The van der Waals surface area contributed by atoms with Gasteiger partial charge in [-0.2, -0.15) is 0 Å². The molecule has 0 heterocycles. The first-order valence-corrected chi connectivity index (χ1v) is 6.33. The molecule has 0 saturated heterocycles. The SMILES string of the molecule is O=C(O)Cc1ccc(Sc2ccc(O)cc2F)cc1. The van der Waals surface area contributed by atoms with Crippen molar-refractivity contribution in [2.75, 3.05) is 0 Å². The first kappa shape index (κ1) is 13.4. The van der Waals surface area contributed by atoms with Crippen LogP contribution in [0.2, 0.25) is 0 Å². The second-order valence-electron chi connectivity index (χ2n) is 3.93. The largest absolute Gasteiger partial charge is 0.508 e. The van der Waals surface area contributed by atoms with Crippen LogP contribution >= 0.6 is 11.8 Å². The molecule has 0 fully saturated rings. The number of benzene rings is 2. The molecule has 98 valence electrons. The van der Waals surface area contributed by atoms with E-state index in [9.17, 15) is 9.18 Å². The van der Waals surface area contributed by atoms with Gasteiger partial charge >= 0.3 is 5.97 Å². The number of phenols is 1. The van der Waals surface area contributed by atoms with Crippen molar-refractivity contribution >= 4 is 17.7 Å². The van der Waals surface area contributed by atoms with Gasteiger partial charge < -0.3 is 10.2 Å². The van der Waals surface area contributed by atoms with Gasteiger partial charge in [-0.15, -0.1) is 0 Å². The fraction of sp³-hybridized carbons (Fsp3) is 0.0714. The van der Waals surface area contributed by atoms with E-state index in [1.165, 1.54) is 23.9 Å². The number of hydrogen-bond acceptors (Lipinski definition) is 3. The summed E-state index contributed by atoms with van der Waals surface area (Å²) in [6, 6.07) is 10.9. The number of carbonyl (C=O) groups is 1. The fourth-order valence-electron chi connectivity index (χ4n) is 1.55. The molecule has 0 aromatic heterocycles. The quantitative estimate of drug-likeness (QED) is 0.901. The molecule has 0 amide bonds. The zero-order valence-electron chi connectivity index (χ0n) is 9.84. The van der Waals surface area contributed by atoms with Crippen LogP contribution in [0.15, 0.2) is 52.3 Å². The number of carboxylic acids is 1. The van der Waals surface area contributed by atoms with Crippen LogP contribution in [0.4, 0.5) is 4.39 Å². The number of phenolic OH excluding ortho intramolecular Hbond substituents is 1. The second kappa shape index (κ2) is 5.75. The normalized spacial score (nSPS) is 10.4. The average molecular weight is 278 g/mol. The number of rotatable bonds is 4. The van der Waals surface area contributed by atoms with Crippen LogP contribution in [0, 0.1) is 5.82 Å². The number of carboxylic acid groups (broad SMARTS) is 1. The summed E-state index contributed by atoms with van der Waals surface area (Å²) in [5.41, 5.74) is 0.697. The molecule has 2 aromatic carbocycles. The zero-order chi connectivity index (χ0) is 13.8. The van der Waals surface area contributed by atoms with Crippen LogP contribution in [-0.4, -0.2) is 16.2 Å². The lowest BCUT2D eigenvalue weighted by molar-refractivity contribution is -0.136. The van der Waals surface area contributed by atoms with Crippen LogP contribution in [0.1, 0.15) is 5.56 Å². The lowest BCUT2D eigenvalue weighted by Gasteiger charge is -2.04. The summed E-state index contributed by atoms with van der Waals surface area (Å²) in [6.07, 6.45) is -0.0292. The van der Waals surface area contributed by atoms with Gasteiger partial charge in [-0.25, -0.2) is 4.39 Å². The molecular formula is C14H11FO3S. The Bertz CT molecular complexity index is 596. The lowest BCUT2D eigenvalue weighted by Crippen LogP contribution is -1.99. The molecule has 0 radical (unpaired) electrons. The molecule has 0 spiro atoms. The van der Waals surface area contributed by atoms with Crippen molar-refractivity contribution < 1.29 is 19.4 Å². The first-order chi connectivity index (χ1) is 9.04. The van der Waals surface area contributed by atoms with Crippen LogP contribution in [0.25, 0.3) is 0 Å². The zero-order valence-corrected chi connectivity index (χ0v) is 10.7. The van der Waals surface area contributed by atoms with Gasteiger partial charge in [0, 0.05) is 15.9 Å². The molecule has 0 bridgehead atoms. The highest BCUT2D eigenvalue weighted by molar-refractivity contribution is 7.99. The predicted octanol–water partition coefficient (Wildman–Crippen LogP) is 3.31. The van der Waals surface area contributed by atoms with Gasteiger partial charge in [0.2, 0.25) is 0 Å². The van der Waals surface area contributed by atoms with Crippen LogP contribution in [-0.2, 0) is 11.2 Å². The summed E-state index contributed by atoms with van der Waals surface area (Å²) >= 11 is 1.22. The Balaban J connectivity index is 2.13. The minimum absolute atomic E-state index is 0.0292. The second-order valence-corrected chi connectivity index (χ2v) is 5.05. The number of hydrogen-bond donors (Lipinski definition) is 2. The van der Waals surface area contributed by atoms with E-state index in [-0.39, 0.29) is 12.2 Å². The molecular weight excluding hydrogens is 267 g/mol. The predicted molar refractivity (Wildman–Crippen MR) is 70.0 cm³/mol. The van der Waals surface area contributed by atoms with Gasteiger partial charge in [0.25, 0.3) is 0 Å². The van der Waals surface area contributed by atoms with Crippen molar-refractivity contribution in [1.82, 2.24) is 0 Å². The minimum Gasteiger partial charge on any atom is -0.508 e. The van der Waals surface area contributed by atoms with Crippen molar-refractivity contribution in [3.05, 3.63) is 53.8 Å². The smallest absolute Gasteiger partial charge is 0.307 e. The van der Waals surface area contributed by atoms with Crippen molar-refractivity contribution in [1.29, 1.82) is 0 Å². The Hall–Kier alpha value is -2.01. The number of aromatic hydroxyl groups is 1. The van der Waals surface area contributed by atoms with Crippen LogP contribution in [0.5, 0.6) is 5.75 Å². The van der Waals surface area contributed by atoms with E-state index in [0.29, 0.717) is 10.5 Å². The van der Waals surface area contributed by atoms with E-state index in [2.05, 4.69) is 0 Å². The third-order valence-electron chi connectivity index (χ3n) is 2.42. The molecule has 2 rings (SSSR count). The summed E-state index contributed by atoms with van der Waals surface area (Å²) in [5, 5.41) is 17.8. The molecule has 0 aliphatic rings. The Kier molecular flexibility index (Phi) is 4.06. The minimum atomic E-state index is -0.884. The standard InChI is InChI=1S/C14H11FO3S/c15-12-8-10(16)3-6-13(12)19-11-4-1-9(2-5-11)7-14(17)18/h1-6,8,16H,7H2,(H,17,18). The molecule has 0 unspecified atom stereocenters. The Morgan fingerprint density at radius 3 is 2.42 bits per heavy atom. The molecule has 0 aliphatic heterocycles. The van der Waals surface area contributed by atoms with Gasteiger partial charge in [0.1, 0.15) is 11.6 Å². The van der Waals surface area contributed by atoms with E-state index in [0.717, 1.165) is 11.0 Å². The topological polar surface area (TPSA) is 57.5 Å². The number of halogens is 1. The van der Waals surface area contributed by atoms with E-state index in [4.69, 9.17) is 10.2 Å².